The average Bonchev–Trinajstić information content (AvgIpc) is 2.85. The molecule has 0 spiro atoms. The van der Waals surface area contributed by atoms with Crippen molar-refractivity contribution in [3.8, 4) is 0 Å². The van der Waals surface area contributed by atoms with Gasteiger partial charge in [0.1, 0.15) is 12.5 Å². The van der Waals surface area contributed by atoms with Crippen LogP contribution in [-0.2, 0) is 4.84 Å². The Labute approximate surface area is 114 Å². The molecule has 5 nitrogen and oxygen atoms in total. The van der Waals surface area contributed by atoms with Gasteiger partial charge in [0.05, 0.1) is 30.9 Å². The second kappa shape index (κ2) is 4.42. The Bertz CT molecular complexity index is 518. The molecule has 0 saturated heterocycles. The summed E-state index contributed by atoms with van der Waals surface area (Å²) in [5.74, 6) is 1.56. The van der Waals surface area contributed by atoms with Crippen LogP contribution in [0.5, 0.6) is 0 Å². The Morgan fingerprint density at radius 3 is 2.89 bits per heavy atom. The standard InChI is InChI=1S/C14H20N4O/c1-5-16-7-10(2)11(3)13-14(16)18-9-17(19-4)8-12(18)6-15-13/h6-8,11H,5,9H2,1-4H3. The summed E-state index contributed by atoms with van der Waals surface area (Å²) in [5.41, 5.74) is 3.59. The molecule has 3 aliphatic heterocycles. The molecule has 5 heteroatoms. The van der Waals surface area contributed by atoms with Crippen LogP contribution in [0.1, 0.15) is 20.8 Å². The zero-order chi connectivity index (χ0) is 13.6. The van der Waals surface area contributed by atoms with Gasteiger partial charge in [-0.2, -0.15) is 0 Å². The van der Waals surface area contributed by atoms with Gasteiger partial charge < -0.3 is 9.80 Å². The summed E-state index contributed by atoms with van der Waals surface area (Å²) in [6.07, 6.45) is 6.15. The normalized spacial score (nSPS) is 25.5. The Kier molecular flexibility index (Phi) is 2.86. The van der Waals surface area contributed by atoms with E-state index >= 15 is 0 Å². The largest absolute Gasteiger partial charge is 0.333 e. The van der Waals surface area contributed by atoms with Gasteiger partial charge in [-0.25, -0.2) is 5.06 Å². The van der Waals surface area contributed by atoms with Crippen LogP contribution in [0.25, 0.3) is 0 Å². The van der Waals surface area contributed by atoms with Crippen molar-refractivity contribution in [3.63, 3.8) is 0 Å². The Hall–Kier alpha value is -1.75. The number of aliphatic imine (C=N–C) groups is 1. The molecule has 3 heterocycles. The van der Waals surface area contributed by atoms with E-state index in [1.54, 1.807) is 7.11 Å². The predicted molar refractivity (Wildman–Crippen MR) is 74.5 cm³/mol. The van der Waals surface area contributed by atoms with Crippen molar-refractivity contribution in [1.82, 2.24) is 14.9 Å². The molecule has 0 aromatic rings. The summed E-state index contributed by atoms with van der Waals surface area (Å²) in [5, 5.41) is 1.82. The van der Waals surface area contributed by atoms with Crippen LogP contribution in [0.15, 0.2) is 40.2 Å². The summed E-state index contributed by atoms with van der Waals surface area (Å²) in [7, 11) is 1.69. The topological polar surface area (TPSA) is 31.3 Å². The minimum absolute atomic E-state index is 0.368. The zero-order valence-corrected chi connectivity index (χ0v) is 11.9. The maximum Gasteiger partial charge on any atom is 0.137 e. The molecule has 0 fully saturated rings. The number of hydrogen-bond acceptors (Lipinski definition) is 5. The number of rotatable bonds is 2. The lowest BCUT2D eigenvalue weighted by molar-refractivity contribution is -0.0968. The summed E-state index contributed by atoms with van der Waals surface area (Å²) in [4.78, 5) is 14.5. The molecular formula is C14H20N4O. The summed E-state index contributed by atoms with van der Waals surface area (Å²) in [6.45, 7) is 8.20. The van der Waals surface area contributed by atoms with Crippen LogP contribution in [-0.4, -0.2) is 41.4 Å². The molecule has 0 N–H and O–H groups in total. The number of hydrogen-bond donors (Lipinski definition) is 0. The van der Waals surface area contributed by atoms with E-state index in [2.05, 4.69) is 41.8 Å². The highest BCUT2D eigenvalue weighted by Crippen LogP contribution is 2.38. The van der Waals surface area contributed by atoms with Gasteiger partial charge in [0.15, 0.2) is 0 Å². The highest BCUT2D eigenvalue weighted by Gasteiger charge is 2.35. The highest BCUT2D eigenvalue weighted by atomic mass is 16.7. The van der Waals surface area contributed by atoms with Crippen LogP contribution >= 0.6 is 0 Å². The lowest BCUT2D eigenvalue weighted by Crippen LogP contribution is -2.39. The first kappa shape index (κ1) is 12.3. The van der Waals surface area contributed by atoms with E-state index in [0.717, 1.165) is 17.9 Å². The Balaban J connectivity index is 2.02. The van der Waals surface area contributed by atoms with Gasteiger partial charge in [0.25, 0.3) is 0 Å². The predicted octanol–water partition coefficient (Wildman–Crippen LogP) is 2.09. The second-order valence-corrected chi connectivity index (χ2v) is 5.07. The first-order valence-electron chi connectivity index (χ1n) is 6.69. The van der Waals surface area contributed by atoms with Crippen LogP contribution in [0.4, 0.5) is 0 Å². The van der Waals surface area contributed by atoms with Gasteiger partial charge >= 0.3 is 0 Å². The van der Waals surface area contributed by atoms with E-state index < -0.39 is 0 Å². The fourth-order valence-electron chi connectivity index (χ4n) is 2.70. The fourth-order valence-corrected chi connectivity index (χ4v) is 2.70. The molecule has 1 unspecified atom stereocenters. The zero-order valence-electron chi connectivity index (χ0n) is 11.9. The number of nitrogens with zero attached hydrogens (tertiary/aromatic N) is 4. The van der Waals surface area contributed by atoms with Crippen molar-refractivity contribution in [2.75, 3.05) is 20.3 Å². The second-order valence-electron chi connectivity index (χ2n) is 5.07. The van der Waals surface area contributed by atoms with Crippen LogP contribution < -0.4 is 0 Å². The van der Waals surface area contributed by atoms with Crippen molar-refractivity contribution in [2.24, 2.45) is 10.9 Å². The van der Waals surface area contributed by atoms with Gasteiger partial charge in [0, 0.05) is 18.7 Å². The van der Waals surface area contributed by atoms with Gasteiger partial charge in [-0.15, -0.1) is 0 Å². The third-order valence-corrected chi connectivity index (χ3v) is 3.99. The SMILES string of the molecule is CCN1C=C(C)C(C)C2=C1N1CN(OC)C=C1C=N2. The van der Waals surface area contributed by atoms with E-state index in [9.17, 15) is 0 Å². The molecule has 0 saturated carbocycles. The quantitative estimate of drug-likeness (QED) is 0.761. The average molecular weight is 260 g/mol. The molecule has 102 valence electrons. The number of allylic oxidation sites excluding steroid dienone is 2. The van der Waals surface area contributed by atoms with Crippen molar-refractivity contribution in [2.45, 2.75) is 20.8 Å². The molecule has 0 radical (unpaired) electrons. The first-order valence-corrected chi connectivity index (χ1v) is 6.69. The van der Waals surface area contributed by atoms with Crippen LogP contribution in [0.3, 0.4) is 0 Å². The van der Waals surface area contributed by atoms with Crippen molar-refractivity contribution in [1.29, 1.82) is 0 Å². The third kappa shape index (κ3) is 1.76. The van der Waals surface area contributed by atoms with Gasteiger partial charge in [-0.1, -0.05) is 6.92 Å². The molecule has 0 bridgehead atoms. The smallest absolute Gasteiger partial charge is 0.137 e. The minimum atomic E-state index is 0.368. The molecule has 0 aromatic carbocycles. The van der Waals surface area contributed by atoms with E-state index in [-0.39, 0.29) is 0 Å². The van der Waals surface area contributed by atoms with Gasteiger partial charge in [-0.3, -0.25) is 9.83 Å². The molecule has 19 heavy (non-hydrogen) atoms. The van der Waals surface area contributed by atoms with Crippen molar-refractivity contribution >= 4 is 6.21 Å². The van der Waals surface area contributed by atoms with Gasteiger partial charge in [0.2, 0.25) is 0 Å². The molecule has 3 aliphatic rings. The van der Waals surface area contributed by atoms with Crippen LogP contribution in [0.2, 0.25) is 0 Å². The maximum absolute atomic E-state index is 5.30. The molecule has 0 aliphatic carbocycles. The van der Waals surface area contributed by atoms with E-state index in [1.165, 1.54) is 11.4 Å². The van der Waals surface area contributed by atoms with Crippen molar-refractivity contribution < 1.29 is 4.84 Å². The molecule has 1 atom stereocenters. The summed E-state index contributed by atoms with van der Waals surface area (Å²) >= 11 is 0. The summed E-state index contributed by atoms with van der Waals surface area (Å²) in [6, 6.07) is 0. The minimum Gasteiger partial charge on any atom is -0.333 e. The lowest BCUT2D eigenvalue weighted by atomic mass is 9.95. The molecule has 0 amide bonds. The highest BCUT2D eigenvalue weighted by molar-refractivity contribution is 5.81. The van der Waals surface area contributed by atoms with E-state index in [1.807, 2.05) is 17.5 Å². The van der Waals surface area contributed by atoms with E-state index in [0.29, 0.717) is 12.6 Å². The molecule has 3 rings (SSSR count). The van der Waals surface area contributed by atoms with Crippen molar-refractivity contribution in [3.05, 3.63) is 35.2 Å². The first-order chi connectivity index (χ1) is 9.15. The molecular weight excluding hydrogens is 240 g/mol. The number of hydroxylamine groups is 2. The lowest BCUT2D eigenvalue weighted by Gasteiger charge is -2.39. The molecule has 0 aromatic heterocycles. The monoisotopic (exact) mass is 260 g/mol. The Morgan fingerprint density at radius 2 is 2.21 bits per heavy atom. The van der Waals surface area contributed by atoms with Gasteiger partial charge in [-0.05, 0) is 19.4 Å². The van der Waals surface area contributed by atoms with Crippen LogP contribution in [0, 0.1) is 5.92 Å². The number of fused-ring (bicyclic) bond motifs is 2. The Morgan fingerprint density at radius 1 is 1.42 bits per heavy atom. The van der Waals surface area contributed by atoms with E-state index in [4.69, 9.17) is 4.84 Å². The fraction of sp³-hybridized carbons (Fsp3) is 0.500. The maximum atomic E-state index is 5.30. The summed E-state index contributed by atoms with van der Waals surface area (Å²) < 4.78 is 0. The third-order valence-electron chi connectivity index (χ3n) is 3.99.